The Balaban J connectivity index is 2.61. The van der Waals surface area contributed by atoms with Crippen LogP contribution in [0.25, 0.3) is 0 Å². The van der Waals surface area contributed by atoms with Crippen LogP contribution in [0.5, 0.6) is 0 Å². The third-order valence-electron chi connectivity index (χ3n) is 3.09. The number of nitrogens with zero attached hydrogens (tertiary/aromatic N) is 1. The monoisotopic (exact) mass is 197 g/mol. The zero-order chi connectivity index (χ0) is 11.0. The molecule has 14 heavy (non-hydrogen) atoms. The lowest BCUT2D eigenvalue weighted by molar-refractivity contribution is 0.0951. The molecule has 0 radical (unpaired) electrons. The van der Waals surface area contributed by atoms with Crippen LogP contribution in [0.2, 0.25) is 0 Å². The Morgan fingerprint density at radius 3 is 2.07 bits per heavy atom. The predicted molar refractivity (Wildman–Crippen MR) is 63.6 cm³/mol. The van der Waals surface area contributed by atoms with Crippen molar-refractivity contribution in [2.45, 2.75) is 72.4 Å². The second-order valence-corrected chi connectivity index (χ2v) is 6.93. The highest BCUT2D eigenvalue weighted by molar-refractivity contribution is 4.89. The van der Waals surface area contributed by atoms with E-state index in [1.54, 1.807) is 0 Å². The van der Waals surface area contributed by atoms with E-state index in [9.17, 15) is 0 Å². The van der Waals surface area contributed by atoms with Crippen LogP contribution < -0.4 is 0 Å². The van der Waals surface area contributed by atoms with Crippen LogP contribution in [0.4, 0.5) is 0 Å². The molecule has 0 aromatic carbocycles. The number of rotatable bonds is 1. The van der Waals surface area contributed by atoms with Gasteiger partial charge in [0.1, 0.15) is 0 Å². The standard InChI is InChI=1S/C13H27N/c1-12(2,3)10-11-8-7-9-14(11)13(4,5)6/h11H,7-10H2,1-6H3. The van der Waals surface area contributed by atoms with Crippen LogP contribution in [0, 0.1) is 5.41 Å². The van der Waals surface area contributed by atoms with Crippen LogP contribution >= 0.6 is 0 Å². The van der Waals surface area contributed by atoms with E-state index in [1.807, 2.05) is 0 Å². The first-order valence-corrected chi connectivity index (χ1v) is 5.97. The summed E-state index contributed by atoms with van der Waals surface area (Å²) in [6.45, 7) is 15.4. The summed E-state index contributed by atoms with van der Waals surface area (Å²) in [5.74, 6) is 0. The Bertz CT molecular complexity index is 182. The van der Waals surface area contributed by atoms with Crippen LogP contribution in [0.15, 0.2) is 0 Å². The Morgan fingerprint density at radius 2 is 1.64 bits per heavy atom. The predicted octanol–water partition coefficient (Wildman–Crippen LogP) is 3.69. The Hall–Kier alpha value is -0.0400. The van der Waals surface area contributed by atoms with E-state index in [2.05, 4.69) is 46.4 Å². The van der Waals surface area contributed by atoms with Gasteiger partial charge in [0.15, 0.2) is 0 Å². The van der Waals surface area contributed by atoms with Crippen molar-refractivity contribution in [1.82, 2.24) is 4.90 Å². The average Bonchev–Trinajstić information content (AvgIpc) is 2.29. The normalized spacial score (nSPS) is 25.7. The second-order valence-electron chi connectivity index (χ2n) is 6.93. The van der Waals surface area contributed by atoms with Crippen molar-refractivity contribution in [3.8, 4) is 0 Å². The van der Waals surface area contributed by atoms with E-state index in [1.165, 1.54) is 25.8 Å². The zero-order valence-corrected chi connectivity index (χ0v) is 10.9. The second kappa shape index (κ2) is 3.84. The van der Waals surface area contributed by atoms with Crippen molar-refractivity contribution >= 4 is 0 Å². The summed E-state index contributed by atoms with van der Waals surface area (Å²) < 4.78 is 0. The Kier molecular flexibility index (Phi) is 3.30. The molecule has 1 aliphatic rings. The molecule has 0 aliphatic carbocycles. The highest BCUT2D eigenvalue weighted by atomic mass is 15.2. The summed E-state index contributed by atoms with van der Waals surface area (Å²) in [5.41, 5.74) is 0.824. The van der Waals surface area contributed by atoms with Gasteiger partial charge in [-0.25, -0.2) is 0 Å². The fourth-order valence-corrected chi connectivity index (χ4v) is 2.64. The molecule has 1 fully saturated rings. The van der Waals surface area contributed by atoms with Gasteiger partial charge >= 0.3 is 0 Å². The van der Waals surface area contributed by atoms with Gasteiger partial charge < -0.3 is 0 Å². The van der Waals surface area contributed by atoms with E-state index in [0.717, 1.165) is 6.04 Å². The van der Waals surface area contributed by atoms with Gasteiger partial charge in [0.05, 0.1) is 0 Å². The highest BCUT2D eigenvalue weighted by Crippen LogP contribution is 2.33. The lowest BCUT2D eigenvalue weighted by Gasteiger charge is -2.39. The quantitative estimate of drug-likeness (QED) is 0.620. The molecular weight excluding hydrogens is 170 g/mol. The van der Waals surface area contributed by atoms with Crippen LogP contribution in [-0.4, -0.2) is 23.0 Å². The third kappa shape index (κ3) is 3.27. The largest absolute Gasteiger partial charge is 0.296 e. The summed E-state index contributed by atoms with van der Waals surface area (Å²) in [6, 6.07) is 0.815. The summed E-state index contributed by atoms with van der Waals surface area (Å²) in [7, 11) is 0. The first-order valence-electron chi connectivity index (χ1n) is 5.97. The molecule has 0 spiro atoms. The minimum atomic E-state index is 0.354. The molecule has 0 aromatic heterocycles. The Morgan fingerprint density at radius 1 is 1.07 bits per heavy atom. The van der Waals surface area contributed by atoms with E-state index in [4.69, 9.17) is 0 Å². The molecule has 1 heteroatoms. The van der Waals surface area contributed by atoms with Gasteiger partial charge in [0.25, 0.3) is 0 Å². The van der Waals surface area contributed by atoms with Crippen molar-refractivity contribution in [1.29, 1.82) is 0 Å². The fourth-order valence-electron chi connectivity index (χ4n) is 2.64. The van der Waals surface area contributed by atoms with Crippen molar-refractivity contribution in [3.05, 3.63) is 0 Å². The molecule has 1 heterocycles. The van der Waals surface area contributed by atoms with Crippen molar-refractivity contribution < 1.29 is 0 Å². The van der Waals surface area contributed by atoms with E-state index in [0.29, 0.717) is 11.0 Å². The van der Waals surface area contributed by atoms with Crippen LogP contribution in [0.3, 0.4) is 0 Å². The number of hydrogen-bond acceptors (Lipinski definition) is 1. The maximum absolute atomic E-state index is 2.69. The molecule has 0 bridgehead atoms. The summed E-state index contributed by atoms with van der Waals surface area (Å²) >= 11 is 0. The van der Waals surface area contributed by atoms with Crippen molar-refractivity contribution in [2.75, 3.05) is 6.54 Å². The van der Waals surface area contributed by atoms with Gasteiger partial charge in [-0.05, 0) is 52.0 Å². The van der Waals surface area contributed by atoms with E-state index < -0.39 is 0 Å². The van der Waals surface area contributed by atoms with Gasteiger partial charge in [-0.1, -0.05) is 20.8 Å². The van der Waals surface area contributed by atoms with Crippen LogP contribution in [-0.2, 0) is 0 Å². The third-order valence-corrected chi connectivity index (χ3v) is 3.09. The molecular formula is C13H27N. The molecule has 1 aliphatic heterocycles. The van der Waals surface area contributed by atoms with Gasteiger partial charge in [-0.2, -0.15) is 0 Å². The summed E-state index contributed by atoms with van der Waals surface area (Å²) in [4.78, 5) is 2.69. The molecule has 0 amide bonds. The molecule has 0 saturated carbocycles. The fraction of sp³-hybridized carbons (Fsp3) is 1.00. The SMILES string of the molecule is CC(C)(C)CC1CCCN1C(C)(C)C. The maximum Gasteiger partial charge on any atom is 0.0127 e. The molecule has 1 saturated heterocycles. The number of likely N-dealkylation sites (tertiary alicyclic amines) is 1. The lowest BCUT2D eigenvalue weighted by atomic mass is 9.86. The molecule has 1 unspecified atom stereocenters. The number of hydrogen-bond donors (Lipinski definition) is 0. The molecule has 1 atom stereocenters. The minimum Gasteiger partial charge on any atom is -0.296 e. The first kappa shape index (κ1) is 12.0. The van der Waals surface area contributed by atoms with Crippen LogP contribution in [0.1, 0.15) is 60.8 Å². The molecule has 1 nitrogen and oxygen atoms in total. The smallest absolute Gasteiger partial charge is 0.0127 e. The summed E-state index contributed by atoms with van der Waals surface area (Å²) in [6.07, 6.45) is 4.12. The van der Waals surface area contributed by atoms with Gasteiger partial charge in [-0.3, -0.25) is 4.90 Å². The van der Waals surface area contributed by atoms with Gasteiger partial charge in [0, 0.05) is 11.6 Å². The molecule has 84 valence electrons. The summed E-state index contributed by atoms with van der Waals surface area (Å²) in [5, 5.41) is 0. The van der Waals surface area contributed by atoms with E-state index >= 15 is 0 Å². The topological polar surface area (TPSA) is 3.24 Å². The van der Waals surface area contributed by atoms with Crippen molar-refractivity contribution in [2.24, 2.45) is 5.41 Å². The molecule has 0 N–H and O–H groups in total. The van der Waals surface area contributed by atoms with Gasteiger partial charge in [0.2, 0.25) is 0 Å². The maximum atomic E-state index is 2.69. The first-order chi connectivity index (χ1) is 6.20. The lowest BCUT2D eigenvalue weighted by Crippen LogP contribution is -2.45. The highest BCUT2D eigenvalue weighted by Gasteiger charge is 2.34. The zero-order valence-electron chi connectivity index (χ0n) is 10.9. The van der Waals surface area contributed by atoms with Gasteiger partial charge in [-0.15, -0.1) is 0 Å². The van der Waals surface area contributed by atoms with E-state index in [-0.39, 0.29) is 0 Å². The van der Waals surface area contributed by atoms with Crippen molar-refractivity contribution in [3.63, 3.8) is 0 Å². The average molecular weight is 197 g/mol. The minimum absolute atomic E-state index is 0.354. The molecule has 1 rings (SSSR count). The molecule has 0 aromatic rings. The Labute approximate surface area is 89.9 Å².